The van der Waals surface area contributed by atoms with Crippen molar-refractivity contribution in [3.63, 3.8) is 0 Å². The normalized spacial score (nSPS) is 10.7. The smallest absolute Gasteiger partial charge is 0.341 e. The van der Waals surface area contributed by atoms with Crippen molar-refractivity contribution in [3.8, 4) is 0 Å². The molecule has 0 aliphatic heterocycles. The van der Waals surface area contributed by atoms with E-state index in [9.17, 15) is 4.79 Å². The molecule has 0 fully saturated rings. The molecule has 0 atom stereocenters. The summed E-state index contributed by atoms with van der Waals surface area (Å²) >= 11 is 0. The zero-order chi connectivity index (χ0) is 14.4. The van der Waals surface area contributed by atoms with Gasteiger partial charge in [-0.25, -0.2) is 9.78 Å². The summed E-state index contributed by atoms with van der Waals surface area (Å²) in [5, 5.41) is 9.86. The Bertz CT molecular complexity index is 548. The number of rotatable bonds is 7. The Balaban J connectivity index is 1.73. The summed E-state index contributed by atoms with van der Waals surface area (Å²) in [7, 11) is 1.36. The molecule has 2 aromatic rings. The second kappa shape index (κ2) is 6.85. The van der Waals surface area contributed by atoms with Crippen molar-refractivity contribution < 1.29 is 13.9 Å². The molecular formula is C13H18N4O3. The van der Waals surface area contributed by atoms with Crippen molar-refractivity contribution in [1.82, 2.24) is 20.5 Å². The predicted octanol–water partition coefficient (Wildman–Crippen LogP) is 1.22. The van der Waals surface area contributed by atoms with Gasteiger partial charge in [-0.2, -0.15) is 5.10 Å². The van der Waals surface area contributed by atoms with E-state index in [-0.39, 0.29) is 5.97 Å². The fourth-order valence-corrected chi connectivity index (χ4v) is 1.89. The van der Waals surface area contributed by atoms with Gasteiger partial charge in [0, 0.05) is 6.42 Å². The van der Waals surface area contributed by atoms with Crippen molar-refractivity contribution >= 4 is 5.97 Å². The van der Waals surface area contributed by atoms with Gasteiger partial charge in [-0.15, -0.1) is 0 Å². The summed E-state index contributed by atoms with van der Waals surface area (Å²) in [5.41, 5.74) is 0.478. The molecule has 0 saturated heterocycles. The number of hydrogen-bond acceptors (Lipinski definition) is 6. The minimum absolute atomic E-state index is 0.372. The highest BCUT2D eigenvalue weighted by atomic mass is 16.5. The number of methoxy groups -OCH3 is 1. The minimum atomic E-state index is -0.372. The van der Waals surface area contributed by atoms with Crippen molar-refractivity contribution in [1.29, 1.82) is 0 Å². The fourth-order valence-electron chi connectivity index (χ4n) is 1.89. The molecule has 108 valence electrons. The van der Waals surface area contributed by atoms with Gasteiger partial charge in [-0.05, 0) is 26.0 Å². The lowest BCUT2D eigenvalue weighted by molar-refractivity contribution is 0.0599. The minimum Gasteiger partial charge on any atom is -0.465 e. The quantitative estimate of drug-likeness (QED) is 0.584. The summed E-state index contributed by atoms with van der Waals surface area (Å²) in [6.45, 7) is 3.15. The molecule has 2 aromatic heterocycles. The number of aromatic amines is 1. The van der Waals surface area contributed by atoms with Crippen LogP contribution in [-0.4, -0.2) is 34.8 Å². The van der Waals surface area contributed by atoms with Crippen LogP contribution in [-0.2, 0) is 17.7 Å². The van der Waals surface area contributed by atoms with Gasteiger partial charge in [0.15, 0.2) is 0 Å². The Morgan fingerprint density at radius 3 is 3.10 bits per heavy atom. The first-order chi connectivity index (χ1) is 9.70. The third-order valence-corrected chi connectivity index (χ3v) is 2.91. The predicted molar refractivity (Wildman–Crippen MR) is 71.2 cm³/mol. The Hall–Kier alpha value is -2.15. The summed E-state index contributed by atoms with van der Waals surface area (Å²) in [6.07, 6.45) is 3.29. The van der Waals surface area contributed by atoms with Gasteiger partial charge in [0.05, 0.1) is 13.7 Å². The molecule has 0 aliphatic rings. The Morgan fingerprint density at radius 2 is 2.40 bits per heavy atom. The van der Waals surface area contributed by atoms with Crippen LogP contribution in [0.4, 0.5) is 0 Å². The molecule has 0 spiro atoms. The zero-order valence-electron chi connectivity index (χ0n) is 11.6. The molecule has 7 nitrogen and oxygen atoms in total. The van der Waals surface area contributed by atoms with Crippen LogP contribution in [0.25, 0.3) is 0 Å². The molecule has 0 aliphatic carbocycles. The number of H-pyrrole nitrogens is 1. The molecule has 0 radical (unpaired) electrons. The van der Waals surface area contributed by atoms with Crippen LogP contribution in [0.2, 0.25) is 0 Å². The number of carbonyl (C=O) groups is 1. The number of esters is 1. The van der Waals surface area contributed by atoms with E-state index in [0.29, 0.717) is 17.9 Å². The lowest BCUT2D eigenvalue weighted by Gasteiger charge is -2.01. The van der Waals surface area contributed by atoms with Crippen LogP contribution in [0.5, 0.6) is 0 Å². The average Bonchev–Trinajstić information content (AvgIpc) is 3.07. The molecule has 2 N–H and O–H groups in total. The third kappa shape index (κ3) is 3.67. The second-order valence-electron chi connectivity index (χ2n) is 4.39. The Morgan fingerprint density at radius 1 is 1.55 bits per heavy atom. The first kappa shape index (κ1) is 14.3. The number of nitrogens with zero attached hydrogens (tertiary/aromatic N) is 2. The van der Waals surface area contributed by atoms with Crippen LogP contribution in [0.3, 0.4) is 0 Å². The van der Waals surface area contributed by atoms with Crippen LogP contribution >= 0.6 is 0 Å². The van der Waals surface area contributed by atoms with Gasteiger partial charge in [0.2, 0.25) is 0 Å². The first-order valence-electron chi connectivity index (χ1n) is 6.43. The highest BCUT2D eigenvalue weighted by molar-refractivity contribution is 5.90. The summed E-state index contributed by atoms with van der Waals surface area (Å²) in [5.74, 6) is 1.81. The van der Waals surface area contributed by atoms with Crippen molar-refractivity contribution in [2.24, 2.45) is 0 Å². The van der Waals surface area contributed by atoms with Crippen molar-refractivity contribution in [2.45, 2.75) is 26.3 Å². The van der Waals surface area contributed by atoms with E-state index in [1.807, 2.05) is 0 Å². The van der Waals surface area contributed by atoms with Gasteiger partial charge in [-0.1, -0.05) is 0 Å². The van der Waals surface area contributed by atoms with Crippen molar-refractivity contribution in [3.05, 3.63) is 35.3 Å². The molecule has 2 heterocycles. The molecule has 0 bridgehead atoms. The molecule has 2 rings (SSSR count). The summed E-state index contributed by atoms with van der Waals surface area (Å²) in [4.78, 5) is 15.5. The van der Waals surface area contributed by atoms with Gasteiger partial charge in [0.25, 0.3) is 0 Å². The fraction of sp³-hybridized carbons (Fsp3) is 0.462. The van der Waals surface area contributed by atoms with Gasteiger partial charge >= 0.3 is 5.97 Å². The molecular weight excluding hydrogens is 260 g/mol. The number of hydrogen-bond donors (Lipinski definition) is 2. The van der Waals surface area contributed by atoms with E-state index >= 15 is 0 Å². The Labute approximate surface area is 116 Å². The summed E-state index contributed by atoms with van der Waals surface area (Å²) < 4.78 is 10.2. The van der Waals surface area contributed by atoms with E-state index < -0.39 is 0 Å². The van der Waals surface area contributed by atoms with E-state index in [1.54, 1.807) is 13.0 Å². The molecule has 0 unspecified atom stereocenters. The van der Waals surface area contributed by atoms with Crippen LogP contribution < -0.4 is 5.32 Å². The van der Waals surface area contributed by atoms with E-state index in [1.165, 1.54) is 13.4 Å². The largest absolute Gasteiger partial charge is 0.465 e. The highest BCUT2D eigenvalue weighted by Gasteiger charge is 2.14. The molecule has 20 heavy (non-hydrogen) atoms. The number of aryl methyl sites for hydroxylation is 2. The average molecular weight is 278 g/mol. The highest BCUT2D eigenvalue weighted by Crippen LogP contribution is 2.15. The maximum absolute atomic E-state index is 11.4. The lowest BCUT2D eigenvalue weighted by Crippen LogP contribution is -2.15. The van der Waals surface area contributed by atoms with E-state index in [2.05, 4.69) is 25.2 Å². The SMILES string of the molecule is COC(=O)c1cc(CNCCCc2ncn[nH]2)oc1C. The molecule has 0 amide bonds. The standard InChI is InChI=1S/C13H18N4O3/c1-9-11(13(18)19-2)6-10(20-9)7-14-5-3-4-12-15-8-16-17-12/h6,8,14H,3-5,7H2,1-2H3,(H,15,16,17). The van der Waals surface area contributed by atoms with Crippen molar-refractivity contribution in [2.75, 3.05) is 13.7 Å². The number of furan rings is 1. The number of aromatic nitrogens is 3. The number of carbonyl (C=O) groups excluding carboxylic acids is 1. The zero-order valence-corrected chi connectivity index (χ0v) is 11.6. The molecule has 7 heteroatoms. The molecule has 0 saturated carbocycles. The summed E-state index contributed by atoms with van der Waals surface area (Å²) in [6, 6.07) is 1.71. The van der Waals surface area contributed by atoms with E-state index in [0.717, 1.165) is 31.0 Å². The maximum atomic E-state index is 11.4. The topological polar surface area (TPSA) is 93.0 Å². The van der Waals surface area contributed by atoms with Gasteiger partial charge in [-0.3, -0.25) is 5.10 Å². The molecule has 0 aromatic carbocycles. The monoisotopic (exact) mass is 278 g/mol. The lowest BCUT2D eigenvalue weighted by atomic mass is 10.2. The van der Waals surface area contributed by atoms with Gasteiger partial charge in [0.1, 0.15) is 29.2 Å². The number of nitrogens with one attached hydrogen (secondary N) is 2. The van der Waals surface area contributed by atoms with Crippen LogP contribution in [0.15, 0.2) is 16.8 Å². The van der Waals surface area contributed by atoms with Crippen LogP contribution in [0.1, 0.15) is 34.1 Å². The van der Waals surface area contributed by atoms with Gasteiger partial charge < -0.3 is 14.5 Å². The maximum Gasteiger partial charge on any atom is 0.341 e. The second-order valence-corrected chi connectivity index (χ2v) is 4.39. The van der Waals surface area contributed by atoms with Crippen LogP contribution in [0, 0.1) is 6.92 Å². The number of ether oxygens (including phenoxy) is 1. The van der Waals surface area contributed by atoms with E-state index in [4.69, 9.17) is 4.42 Å². The Kier molecular flexibility index (Phi) is 4.89. The third-order valence-electron chi connectivity index (χ3n) is 2.91. The first-order valence-corrected chi connectivity index (χ1v) is 6.43.